The molecule has 0 radical (unpaired) electrons. The number of rotatable bonds is 3. The fraction of sp³-hybridized carbons (Fsp3) is 0.462. The number of hydrogen-bond donors (Lipinski definition) is 2. The summed E-state index contributed by atoms with van der Waals surface area (Å²) < 4.78 is 15.8. The number of hydrogen-bond acceptors (Lipinski definition) is 5. The predicted molar refractivity (Wildman–Crippen MR) is 132 cm³/mol. The molecule has 5 atom stereocenters. The molecule has 1 unspecified atom stereocenters. The monoisotopic (exact) mass is 514 g/mol. The molecule has 9 heteroatoms. The third-order valence-electron chi connectivity index (χ3n) is 8.57. The molecule has 5 aliphatic rings. The quantitative estimate of drug-likeness (QED) is 0.643. The van der Waals surface area contributed by atoms with Crippen LogP contribution in [0.5, 0.6) is 0 Å². The number of carbonyl (C=O) groups is 1. The Labute approximate surface area is 212 Å². The highest BCUT2D eigenvalue weighted by atomic mass is 35.5. The Bertz CT molecular complexity index is 1280. The fourth-order valence-corrected chi connectivity index (χ4v) is 7.40. The van der Waals surface area contributed by atoms with Gasteiger partial charge in [0.2, 0.25) is 5.91 Å². The van der Waals surface area contributed by atoms with Crippen molar-refractivity contribution < 1.29 is 14.3 Å². The first-order valence-electron chi connectivity index (χ1n) is 12.2. The third kappa shape index (κ3) is 2.95. The summed E-state index contributed by atoms with van der Waals surface area (Å²) in [5, 5.41) is 14.3. The Kier molecular flexibility index (Phi) is 4.82. The number of carbonyl (C=O) groups excluding carboxylic acids is 1. The summed E-state index contributed by atoms with van der Waals surface area (Å²) >= 11 is 12.6. The Morgan fingerprint density at radius 1 is 1.20 bits per heavy atom. The van der Waals surface area contributed by atoms with E-state index in [1.807, 2.05) is 11.0 Å². The van der Waals surface area contributed by atoms with Crippen LogP contribution >= 0.6 is 23.2 Å². The van der Waals surface area contributed by atoms with Gasteiger partial charge in [-0.05, 0) is 48.9 Å². The largest absolute Gasteiger partial charge is 0.372 e. The van der Waals surface area contributed by atoms with Crippen LogP contribution in [-0.2, 0) is 10.3 Å². The average molecular weight is 515 g/mol. The van der Waals surface area contributed by atoms with E-state index in [0.29, 0.717) is 28.7 Å². The second-order valence-corrected chi connectivity index (χ2v) is 11.2. The van der Waals surface area contributed by atoms with Gasteiger partial charge in [0.25, 0.3) is 0 Å². The summed E-state index contributed by atoms with van der Waals surface area (Å²) in [4.78, 5) is 23.2. The number of halogens is 3. The Morgan fingerprint density at radius 2 is 2.03 bits per heavy atom. The zero-order chi connectivity index (χ0) is 24.1. The minimum absolute atomic E-state index is 0.0216. The number of likely N-dealkylation sites (tertiary alicyclic amines) is 1. The molecule has 7 rings (SSSR count). The van der Waals surface area contributed by atoms with Crippen LogP contribution in [0.3, 0.4) is 0 Å². The van der Waals surface area contributed by atoms with Gasteiger partial charge in [-0.25, -0.2) is 4.39 Å². The van der Waals surface area contributed by atoms with Gasteiger partial charge >= 0.3 is 0 Å². The van der Waals surface area contributed by atoms with E-state index in [1.165, 1.54) is 6.07 Å². The van der Waals surface area contributed by atoms with Crippen molar-refractivity contribution >= 4 is 40.6 Å². The number of benzene rings is 2. The van der Waals surface area contributed by atoms with E-state index in [1.54, 1.807) is 24.3 Å². The van der Waals surface area contributed by atoms with Gasteiger partial charge in [-0.1, -0.05) is 41.4 Å². The molecule has 1 aliphatic carbocycles. The highest BCUT2D eigenvalue weighted by Crippen LogP contribution is 2.62. The van der Waals surface area contributed by atoms with Crippen LogP contribution in [0.25, 0.3) is 0 Å². The average Bonchev–Trinajstić information content (AvgIpc) is 3.43. The Hall–Kier alpha value is -2.19. The van der Waals surface area contributed by atoms with E-state index in [2.05, 4.69) is 10.2 Å². The molecule has 2 N–H and O–H groups in total. The van der Waals surface area contributed by atoms with Crippen LogP contribution in [0, 0.1) is 17.7 Å². The van der Waals surface area contributed by atoms with Gasteiger partial charge in [0.05, 0.1) is 11.6 Å². The van der Waals surface area contributed by atoms with Crippen molar-refractivity contribution in [2.75, 3.05) is 25.0 Å². The molecule has 4 aliphatic heterocycles. The number of aliphatic hydroxyl groups is 1. The van der Waals surface area contributed by atoms with Gasteiger partial charge < -0.3 is 15.3 Å². The summed E-state index contributed by atoms with van der Waals surface area (Å²) in [7, 11) is 0. The summed E-state index contributed by atoms with van der Waals surface area (Å²) in [5.41, 5.74) is 0.765. The predicted octanol–water partition coefficient (Wildman–Crippen LogP) is 4.21. The normalized spacial score (nSPS) is 33.5. The van der Waals surface area contributed by atoms with E-state index in [4.69, 9.17) is 28.2 Å². The zero-order valence-electron chi connectivity index (χ0n) is 18.9. The van der Waals surface area contributed by atoms with Crippen LogP contribution in [0.2, 0.25) is 10.0 Å². The number of nitrogens with one attached hydrogen (secondary N) is 1. The van der Waals surface area contributed by atoms with Crippen LogP contribution < -0.4 is 5.32 Å². The van der Waals surface area contributed by atoms with Gasteiger partial charge in [0.1, 0.15) is 23.4 Å². The highest BCUT2D eigenvalue weighted by molar-refractivity contribution is 6.31. The number of amidine groups is 1. The maximum absolute atomic E-state index is 15.8. The lowest BCUT2D eigenvalue weighted by Gasteiger charge is -2.41. The fourth-order valence-electron chi connectivity index (χ4n) is 7.04. The van der Waals surface area contributed by atoms with Crippen molar-refractivity contribution in [3.8, 4) is 0 Å². The molecule has 6 nitrogen and oxygen atoms in total. The Morgan fingerprint density at radius 3 is 2.83 bits per heavy atom. The first-order chi connectivity index (χ1) is 16.9. The molecule has 182 valence electrons. The molecular formula is C26H25Cl2FN4O2. The van der Waals surface area contributed by atoms with E-state index in [-0.39, 0.29) is 29.4 Å². The van der Waals surface area contributed by atoms with Crippen LogP contribution in [0.4, 0.5) is 10.1 Å². The molecule has 2 saturated heterocycles. The summed E-state index contributed by atoms with van der Waals surface area (Å²) in [6.07, 6.45) is 2.32. The molecular weight excluding hydrogens is 490 g/mol. The third-order valence-corrected chi connectivity index (χ3v) is 9.09. The molecule has 0 aromatic heterocycles. The molecule has 1 amide bonds. The molecule has 2 aromatic rings. The molecule has 35 heavy (non-hydrogen) atoms. The number of aliphatic imine (C=N–C) groups is 1. The van der Waals surface area contributed by atoms with Crippen molar-refractivity contribution in [1.82, 2.24) is 9.80 Å². The standard InChI is InChI=1S/C26H25Cl2FN4O2/c27-14-6-7-16-18(10-14)31-25(35)26(16)22(15-2-1-3-17(28)23(15)29)21-19(33(26)12-13-4-5-13)8-9-32-20(34)11-30-24(21)32/h1-3,6-7,10,13,19-22,34H,4-5,8-9,11-12H2,(H,31,35)/t19-,20?,21+,22-,26+/m0/s1. The maximum Gasteiger partial charge on any atom is 0.250 e. The van der Waals surface area contributed by atoms with Gasteiger partial charge in [0.15, 0.2) is 0 Å². The second-order valence-electron chi connectivity index (χ2n) is 10.4. The lowest BCUT2D eigenvalue weighted by molar-refractivity contribution is -0.128. The van der Waals surface area contributed by atoms with Gasteiger partial charge in [-0.15, -0.1) is 0 Å². The minimum Gasteiger partial charge on any atom is -0.372 e. The van der Waals surface area contributed by atoms with Gasteiger partial charge in [-0.3, -0.25) is 14.7 Å². The first-order valence-corrected chi connectivity index (χ1v) is 13.0. The number of amides is 1. The molecule has 0 bridgehead atoms. The summed E-state index contributed by atoms with van der Waals surface area (Å²) in [6, 6.07) is 10.5. The van der Waals surface area contributed by atoms with Crippen molar-refractivity contribution in [2.45, 2.75) is 43.0 Å². The molecule has 1 saturated carbocycles. The van der Waals surface area contributed by atoms with Crippen LogP contribution in [0.15, 0.2) is 41.4 Å². The second kappa shape index (κ2) is 7.65. The van der Waals surface area contributed by atoms with Crippen molar-refractivity contribution in [3.05, 3.63) is 63.4 Å². The van der Waals surface area contributed by atoms with Crippen molar-refractivity contribution in [2.24, 2.45) is 16.8 Å². The van der Waals surface area contributed by atoms with Crippen molar-refractivity contribution in [1.29, 1.82) is 0 Å². The number of piperidine rings is 1. The minimum atomic E-state index is -1.13. The van der Waals surface area contributed by atoms with Gasteiger partial charge in [0, 0.05) is 47.2 Å². The number of aliphatic hydroxyl groups excluding tert-OH is 1. The lowest BCUT2D eigenvalue weighted by atomic mass is 9.70. The molecule has 1 spiro atoms. The van der Waals surface area contributed by atoms with Crippen molar-refractivity contribution in [3.63, 3.8) is 0 Å². The van der Waals surface area contributed by atoms with E-state index in [9.17, 15) is 9.90 Å². The highest BCUT2D eigenvalue weighted by Gasteiger charge is 2.69. The number of anilines is 1. The molecule has 4 heterocycles. The maximum atomic E-state index is 15.8. The number of nitrogens with zero attached hydrogens (tertiary/aromatic N) is 3. The van der Waals surface area contributed by atoms with Gasteiger partial charge in [-0.2, -0.15) is 0 Å². The summed E-state index contributed by atoms with van der Waals surface area (Å²) in [6.45, 7) is 1.70. The molecule has 2 aromatic carbocycles. The topological polar surface area (TPSA) is 68.2 Å². The first kappa shape index (κ1) is 22.0. The van der Waals surface area contributed by atoms with E-state index >= 15 is 4.39 Å². The van der Waals surface area contributed by atoms with E-state index in [0.717, 1.165) is 37.2 Å². The zero-order valence-corrected chi connectivity index (χ0v) is 20.4. The number of fused-ring (bicyclic) bond motifs is 5. The van der Waals surface area contributed by atoms with Crippen LogP contribution in [-0.4, -0.2) is 58.6 Å². The smallest absolute Gasteiger partial charge is 0.250 e. The summed E-state index contributed by atoms with van der Waals surface area (Å²) in [5.74, 6) is -0.226. The van der Waals surface area contributed by atoms with Crippen LogP contribution in [0.1, 0.15) is 36.3 Å². The lowest BCUT2D eigenvalue weighted by Crippen LogP contribution is -2.54. The van der Waals surface area contributed by atoms with E-state index < -0.39 is 23.5 Å². The molecule has 3 fully saturated rings. The SMILES string of the molecule is O=C1Nc2cc(Cl)ccc2[C@@]12[C@@H](c1cccc(Cl)c1F)[C@@H]1C3=NCC(O)N3CC[C@@H]1N2CC1CC1. The Balaban J connectivity index is 1.52.